The van der Waals surface area contributed by atoms with Crippen molar-refractivity contribution in [2.75, 3.05) is 6.61 Å². The maximum Gasteiger partial charge on any atom is 0.106 e. The lowest BCUT2D eigenvalue weighted by Crippen LogP contribution is -1.93. The second kappa shape index (κ2) is 6.40. The Balaban J connectivity index is 0.000000371. The highest BCUT2D eigenvalue weighted by Gasteiger charge is 1.93. The highest BCUT2D eigenvalue weighted by molar-refractivity contribution is 5.11. The second-order valence-electron chi connectivity index (χ2n) is 1.73. The second-order valence-corrected chi connectivity index (χ2v) is 1.73. The zero-order chi connectivity index (χ0) is 7.82. The molecule has 0 fully saturated rings. The van der Waals surface area contributed by atoms with Gasteiger partial charge in [-0.1, -0.05) is 26.8 Å². The third kappa shape index (κ3) is 3.33. The fraction of sp³-hybridized carbons (Fsp3) is 0.556. The number of allylic oxidation sites excluding steroid dienone is 3. The van der Waals surface area contributed by atoms with Crippen molar-refractivity contribution in [1.82, 2.24) is 0 Å². The summed E-state index contributed by atoms with van der Waals surface area (Å²) < 4.78 is 5.20. The van der Waals surface area contributed by atoms with Crippen molar-refractivity contribution >= 4 is 0 Å². The van der Waals surface area contributed by atoms with E-state index in [1.54, 1.807) is 0 Å². The fourth-order valence-corrected chi connectivity index (χ4v) is 0.654. The van der Waals surface area contributed by atoms with Crippen LogP contribution in [0, 0.1) is 0 Å². The molecule has 10 heavy (non-hydrogen) atoms. The van der Waals surface area contributed by atoms with Gasteiger partial charge >= 0.3 is 0 Å². The highest BCUT2D eigenvalue weighted by atomic mass is 16.5. The van der Waals surface area contributed by atoms with E-state index in [1.807, 2.05) is 32.1 Å². The standard InChI is InChI=1S/C7H10O.C2H6/c1-2-7-5-3-4-6-8-7;1-2/h3-5H,2,6H2,1H3;1-2H3. The molecular formula is C9H16O. The number of hydrogen-bond acceptors (Lipinski definition) is 1. The van der Waals surface area contributed by atoms with Crippen molar-refractivity contribution in [3.8, 4) is 0 Å². The van der Waals surface area contributed by atoms with E-state index >= 15 is 0 Å². The smallest absolute Gasteiger partial charge is 0.106 e. The van der Waals surface area contributed by atoms with Gasteiger partial charge < -0.3 is 4.74 Å². The molecule has 0 saturated heterocycles. The molecule has 0 amide bonds. The van der Waals surface area contributed by atoms with Crippen LogP contribution in [0.3, 0.4) is 0 Å². The SMILES string of the molecule is CC.CCC1=CC=CCO1. The molecule has 1 aliphatic rings. The van der Waals surface area contributed by atoms with Crippen molar-refractivity contribution < 1.29 is 4.74 Å². The Morgan fingerprint density at radius 3 is 2.50 bits per heavy atom. The first-order valence-electron chi connectivity index (χ1n) is 3.92. The molecule has 0 spiro atoms. The molecule has 0 aromatic heterocycles. The topological polar surface area (TPSA) is 9.23 Å². The third-order valence-corrected chi connectivity index (χ3v) is 1.13. The lowest BCUT2D eigenvalue weighted by Gasteiger charge is -2.07. The number of rotatable bonds is 1. The molecule has 58 valence electrons. The Kier molecular flexibility index (Phi) is 5.94. The van der Waals surface area contributed by atoms with Gasteiger partial charge in [0.05, 0.1) is 5.76 Å². The largest absolute Gasteiger partial charge is 0.494 e. The molecule has 0 unspecified atom stereocenters. The normalized spacial score (nSPS) is 14.5. The quantitative estimate of drug-likeness (QED) is 0.544. The summed E-state index contributed by atoms with van der Waals surface area (Å²) in [6.07, 6.45) is 7.04. The Morgan fingerprint density at radius 2 is 2.20 bits per heavy atom. The van der Waals surface area contributed by atoms with Crippen molar-refractivity contribution in [1.29, 1.82) is 0 Å². The molecule has 1 heterocycles. The number of ether oxygens (including phenoxy) is 1. The monoisotopic (exact) mass is 140 g/mol. The van der Waals surface area contributed by atoms with E-state index in [-0.39, 0.29) is 0 Å². The van der Waals surface area contributed by atoms with Crippen LogP contribution < -0.4 is 0 Å². The van der Waals surface area contributed by atoms with Crippen molar-refractivity contribution in [2.24, 2.45) is 0 Å². The minimum atomic E-state index is 0.750. The Labute approximate surface area is 63.4 Å². The van der Waals surface area contributed by atoms with Gasteiger partial charge in [-0.05, 0) is 12.2 Å². The molecule has 1 rings (SSSR count). The van der Waals surface area contributed by atoms with Crippen LogP contribution in [-0.2, 0) is 4.74 Å². The maximum absolute atomic E-state index is 5.20. The number of hydrogen-bond donors (Lipinski definition) is 0. The van der Waals surface area contributed by atoms with Crippen LogP contribution >= 0.6 is 0 Å². The van der Waals surface area contributed by atoms with Gasteiger partial charge in [0.1, 0.15) is 6.61 Å². The lowest BCUT2D eigenvalue weighted by atomic mass is 10.3. The van der Waals surface area contributed by atoms with Gasteiger partial charge in [0.15, 0.2) is 0 Å². The van der Waals surface area contributed by atoms with Crippen LogP contribution in [0.25, 0.3) is 0 Å². The van der Waals surface area contributed by atoms with Crippen LogP contribution in [0.15, 0.2) is 24.0 Å². The predicted molar refractivity (Wildman–Crippen MR) is 44.8 cm³/mol. The first-order chi connectivity index (χ1) is 4.93. The zero-order valence-corrected chi connectivity index (χ0v) is 7.05. The van der Waals surface area contributed by atoms with E-state index in [0.29, 0.717) is 0 Å². The summed E-state index contributed by atoms with van der Waals surface area (Å²) >= 11 is 0. The Morgan fingerprint density at radius 1 is 1.50 bits per heavy atom. The molecule has 0 bridgehead atoms. The summed E-state index contributed by atoms with van der Waals surface area (Å²) in [6.45, 7) is 6.84. The fourth-order valence-electron chi connectivity index (χ4n) is 0.654. The predicted octanol–water partition coefficient (Wildman–Crippen LogP) is 2.89. The summed E-state index contributed by atoms with van der Waals surface area (Å²) in [5, 5.41) is 0. The molecule has 0 N–H and O–H groups in total. The van der Waals surface area contributed by atoms with Crippen molar-refractivity contribution in [3.63, 3.8) is 0 Å². The molecule has 0 atom stereocenters. The molecule has 0 saturated carbocycles. The lowest BCUT2D eigenvalue weighted by molar-refractivity contribution is 0.235. The van der Waals surface area contributed by atoms with Crippen LogP contribution in [0.5, 0.6) is 0 Å². The molecule has 0 aliphatic carbocycles. The van der Waals surface area contributed by atoms with Crippen LogP contribution in [0.2, 0.25) is 0 Å². The first kappa shape index (κ1) is 9.28. The van der Waals surface area contributed by atoms with Gasteiger partial charge in [0, 0.05) is 6.42 Å². The summed E-state index contributed by atoms with van der Waals surface area (Å²) in [7, 11) is 0. The summed E-state index contributed by atoms with van der Waals surface area (Å²) in [5.41, 5.74) is 0. The molecule has 1 nitrogen and oxygen atoms in total. The van der Waals surface area contributed by atoms with Gasteiger partial charge in [-0.15, -0.1) is 0 Å². The van der Waals surface area contributed by atoms with E-state index in [0.717, 1.165) is 18.8 Å². The van der Waals surface area contributed by atoms with E-state index in [2.05, 4.69) is 6.92 Å². The summed E-state index contributed by atoms with van der Waals surface area (Å²) in [5.74, 6) is 1.09. The van der Waals surface area contributed by atoms with Crippen LogP contribution in [0.1, 0.15) is 27.2 Å². The van der Waals surface area contributed by atoms with E-state index in [4.69, 9.17) is 4.74 Å². The average molecular weight is 140 g/mol. The zero-order valence-electron chi connectivity index (χ0n) is 7.05. The van der Waals surface area contributed by atoms with Crippen LogP contribution in [0.4, 0.5) is 0 Å². The molecule has 0 aromatic carbocycles. The third-order valence-electron chi connectivity index (χ3n) is 1.13. The van der Waals surface area contributed by atoms with E-state index in [1.165, 1.54) is 0 Å². The Bertz CT molecular complexity index is 123. The maximum atomic E-state index is 5.20. The minimum Gasteiger partial charge on any atom is -0.494 e. The van der Waals surface area contributed by atoms with Crippen molar-refractivity contribution in [2.45, 2.75) is 27.2 Å². The molecule has 0 radical (unpaired) electrons. The van der Waals surface area contributed by atoms with E-state index < -0.39 is 0 Å². The average Bonchev–Trinajstić information content (AvgIpc) is 2.10. The summed E-state index contributed by atoms with van der Waals surface area (Å²) in [4.78, 5) is 0. The van der Waals surface area contributed by atoms with Gasteiger partial charge in [0.2, 0.25) is 0 Å². The van der Waals surface area contributed by atoms with Gasteiger partial charge in [-0.3, -0.25) is 0 Å². The van der Waals surface area contributed by atoms with Gasteiger partial charge in [0.25, 0.3) is 0 Å². The first-order valence-corrected chi connectivity index (χ1v) is 3.92. The molecular weight excluding hydrogens is 124 g/mol. The van der Waals surface area contributed by atoms with Crippen LogP contribution in [-0.4, -0.2) is 6.61 Å². The molecule has 0 aromatic rings. The van der Waals surface area contributed by atoms with Crippen molar-refractivity contribution in [3.05, 3.63) is 24.0 Å². The molecule has 1 heteroatoms. The molecule has 1 aliphatic heterocycles. The van der Waals surface area contributed by atoms with Gasteiger partial charge in [-0.25, -0.2) is 0 Å². The van der Waals surface area contributed by atoms with E-state index in [9.17, 15) is 0 Å². The Hall–Kier alpha value is -0.720. The minimum absolute atomic E-state index is 0.750. The summed E-state index contributed by atoms with van der Waals surface area (Å²) in [6, 6.07) is 0. The van der Waals surface area contributed by atoms with Gasteiger partial charge in [-0.2, -0.15) is 0 Å². The highest BCUT2D eigenvalue weighted by Crippen LogP contribution is 2.06.